The van der Waals surface area contributed by atoms with Crippen molar-refractivity contribution >= 4 is 0 Å². The van der Waals surface area contributed by atoms with E-state index in [1.54, 1.807) is 0 Å². The molecule has 0 aliphatic rings. The molecule has 0 nitrogen and oxygen atoms in total. The molecule has 1 radical (unpaired) electrons. The maximum absolute atomic E-state index is 12.4. The molecule has 0 aliphatic heterocycles. The van der Waals surface area contributed by atoms with Crippen LogP contribution in [0.2, 0.25) is 0 Å². The monoisotopic (exact) mass is 207 g/mol. The van der Waals surface area contributed by atoms with E-state index in [0.717, 1.165) is 0 Å². The molecule has 1 atom stereocenters. The quantitative estimate of drug-likeness (QED) is 0.607. The van der Waals surface area contributed by atoms with Crippen molar-refractivity contribution in [3.8, 4) is 0 Å². The molecule has 0 bridgehead atoms. The third-order valence-electron chi connectivity index (χ3n) is 1.49. The molecule has 0 N–H and O–H groups in total. The smallest absolute Gasteiger partial charge is 0.247 e. The predicted molar refractivity (Wildman–Crippen MR) is 35.4 cm³/mol. The minimum atomic E-state index is -4.80. The van der Waals surface area contributed by atoms with Crippen molar-refractivity contribution in [1.29, 1.82) is 0 Å². The van der Waals surface area contributed by atoms with Crippen molar-refractivity contribution in [3.05, 3.63) is 6.92 Å². The minimum Gasteiger partial charge on any atom is -0.247 e. The summed E-state index contributed by atoms with van der Waals surface area (Å²) in [6.07, 6.45) is -4.39. The van der Waals surface area contributed by atoms with Gasteiger partial charge in [-0.25, -0.2) is 8.78 Å². The Bertz CT molecular complexity index is 155. The topological polar surface area (TPSA) is 0 Å². The highest BCUT2D eigenvalue weighted by atomic mass is 19.3. The van der Waals surface area contributed by atoms with Gasteiger partial charge in [-0.3, -0.25) is 0 Å². The standard InChI is InChI=1S/C7H9F6/c1-2-5(9)3-6(10,11)7(12,13)4-8/h5H,1-4H2/t5-/m0/s1. The summed E-state index contributed by atoms with van der Waals surface area (Å²) in [7, 11) is 0. The summed E-state index contributed by atoms with van der Waals surface area (Å²) in [5.74, 6) is -9.45. The van der Waals surface area contributed by atoms with Crippen LogP contribution in [0.1, 0.15) is 12.8 Å². The number of alkyl halides is 6. The van der Waals surface area contributed by atoms with Gasteiger partial charge in [-0.05, 0) is 6.42 Å². The molecule has 0 rings (SSSR count). The second kappa shape index (κ2) is 4.19. The van der Waals surface area contributed by atoms with Gasteiger partial charge in [0.2, 0.25) is 0 Å². The Balaban J connectivity index is 4.38. The van der Waals surface area contributed by atoms with E-state index in [1.807, 2.05) is 0 Å². The fourth-order valence-corrected chi connectivity index (χ4v) is 0.627. The Kier molecular flexibility index (Phi) is 4.06. The van der Waals surface area contributed by atoms with E-state index in [2.05, 4.69) is 6.92 Å². The van der Waals surface area contributed by atoms with Crippen molar-refractivity contribution in [2.45, 2.75) is 30.9 Å². The first kappa shape index (κ1) is 12.6. The van der Waals surface area contributed by atoms with Crippen LogP contribution in [0.3, 0.4) is 0 Å². The maximum atomic E-state index is 12.4. The molecular weight excluding hydrogens is 198 g/mol. The molecule has 0 aromatic heterocycles. The zero-order valence-electron chi connectivity index (χ0n) is 6.67. The Morgan fingerprint density at radius 3 is 1.85 bits per heavy atom. The highest BCUT2D eigenvalue weighted by Gasteiger charge is 2.56. The molecule has 0 spiro atoms. The van der Waals surface area contributed by atoms with Crippen molar-refractivity contribution in [2.24, 2.45) is 0 Å². The first-order valence-corrected chi connectivity index (χ1v) is 3.52. The van der Waals surface area contributed by atoms with Crippen LogP contribution in [0.25, 0.3) is 0 Å². The number of hydrogen-bond donors (Lipinski definition) is 0. The van der Waals surface area contributed by atoms with E-state index in [1.165, 1.54) is 0 Å². The minimum absolute atomic E-state index is 0.544. The van der Waals surface area contributed by atoms with Crippen molar-refractivity contribution in [3.63, 3.8) is 0 Å². The third-order valence-corrected chi connectivity index (χ3v) is 1.49. The Hall–Kier alpha value is -0.420. The number of hydrogen-bond acceptors (Lipinski definition) is 0. The highest BCUT2D eigenvalue weighted by Crippen LogP contribution is 2.38. The first-order valence-electron chi connectivity index (χ1n) is 3.52. The molecule has 0 saturated heterocycles. The largest absolute Gasteiger partial charge is 0.337 e. The summed E-state index contributed by atoms with van der Waals surface area (Å²) in [6.45, 7) is 0.435. The summed E-state index contributed by atoms with van der Waals surface area (Å²) in [5, 5.41) is 0. The molecule has 13 heavy (non-hydrogen) atoms. The molecule has 79 valence electrons. The summed E-state index contributed by atoms with van der Waals surface area (Å²) >= 11 is 0. The lowest BCUT2D eigenvalue weighted by Crippen LogP contribution is -2.44. The Morgan fingerprint density at radius 2 is 1.54 bits per heavy atom. The highest BCUT2D eigenvalue weighted by molar-refractivity contribution is 4.86. The van der Waals surface area contributed by atoms with Gasteiger partial charge in [-0.15, -0.1) is 0 Å². The average molecular weight is 207 g/mol. The van der Waals surface area contributed by atoms with Gasteiger partial charge in [0, 0.05) is 6.42 Å². The van der Waals surface area contributed by atoms with Crippen LogP contribution in [0.15, 0.2) is 0 Å². The zero-order valence-corrected chi connectivity index (χ0v) is 6.67. The predicted octanol–water partition coefficient (Wildman–Crippen LogP) is 3.18. The molecule has 0 unspecified atom stereocenters. The van der Waals surface area contributed by atoms with E-state index in [0.29, 0.717) is 0 Å². The molecular formula is C7H9F6. The molecule has 0 aliphatic carbocycles. The van der Waals surface area contributed by atoms with Gasteiger partial charge in [0.05, 0.1) is 0 Å². The Labute approximate surface area is 71.9 Å². The number of rotatable bonds is 5. The lowest BCUT2D eigenvalue weighted by molar-refractivity contribution is -0.223. The molecule has 0 saturated carbocycles. The SMILES string of the molecule is [CH2]C[C@H](F)CC(F)(F)C(F)(F)CF. The van der Waals surface area contributed by atoms with E-state index < -0.39 is 37.5 Å². The van der Waals surface area contributed by atoms with E-state index >= 15 is 0 Å². The second-order valence-electron chi connectivity index (χ2n) is 2.63. The van der Waals surface area contributed by atoms with Crippen molar-refractivity contribution in [2.75, 3.05) is 6.67 Å². The van der Waals surface area contributed by atoms with Gasteiger partial charge >= 0.3 is 11.8 Å². The average Bonchev–Trinajstić information content (AvgIpc) is 2.03. The van der Waals surface area contributed by atoms with Gasteiger partial charge in [-0.1, -0.05) is 6.92 Å². The van der Waals surface area contributed by atoms with Crippen molar-refractivity contribution in [1.82, 2.24) is 0 Å². The number of halogens is 6. The van der Waals surface area contributed by atoms with Crippen LogP contribution >= 0.6 is 0 Å². The lowest BCUT2D eigenvalue weighted by Gasteiger charge is -2.24. The van der Waals surface area contributed by atoms with Crippen LogP contribution < -0.4 is 0 Å². The maximum Gasteiger partial charge on any atom is 0.337 e. The summed E-state index contributed by atoms with van der Waals surface area (Å²) in [6, 6.07) is 0. The van der Waals surface area contributed by atoms with Gasteiger partial charge in [0.1, 0.15) is 6.17 Å². The fraction of sp³-hybridized carbons (Fsp3) is 0.857. The summed E-state index contributed by atoms with van der Waals surface area (Å²) in [5.41, 5.74) is 0. The molecule has 6 heteroatoms. The Morgan fingerprint density at radius 1 is 1.08 bits per heavy atom. The zero-order chi connectivity index (χ0) is 10.7. The summed E-state index contributed by atoms with van der Waals surface area (Å²) < 4.78 is 72.7. The molecule has 0 aromatic rings. The summed E-state index contributed by atoms with van der Waals surface area (Å²) in [4.78, 5) is 0. The molecule has 0 aromatic carbocycles. The third kappa shape index (κ3) is 3.08. The van der Waals surface area contributed by atoms with Crippen LogP contribution in [0.5, 0.6) is 0 Å². The van der Waals surface area contributed by atoms with Gasteiger partial charge < -0.3 is 0 Å². The van der Waals surface area contributed by atoms with E-state index in [-0.39, 0.29) is 0 Å². The van der Waals surface area contributed by atoms with Crippen molar-refractivity contribution < 1.29 is 26.3 Å². The molecule has 0 fully saturated rings. The normalized spacial score (nSPS) is 15.9. The van der Waals surface area contributed by atoms with Crippen LogP contribution in [-0.4, -0.2) is 24.7 Å². The van der Waals surface area contributed by atoms with Crippen LogP contribution in [0, 0.1) is 6.92 Å². The van der Waals surface area contributed by atoms with Gasteiger partial charge in [0.15, 0.2) is 6.67 Å². The first-order chi connectivity index (χ1) is 5.77. The van der Waals surface area contributed by atoms with Gasteiger partial charge in [-0.2, -0.15) is 17.6 Å². The van der Waals surface area contributed by atoms with Gasteiger partial charge in [0.25, 0.3) is 0 Å². The lowest BCUT2D eigenvalue weighted by atomic mass is 10.0. The fourth-order valence-electron chi connectivity index (χ4n) is 0.627. The van der Waals surface area contributed by atoms with Crippen LogP contribution in [-0.2, 0) is 0 Å². The molecule has 0 amide bonds. The second-order valence-corrected chi connectivity index (χ2v) is 2.63. The van der Waals surface area contributed by atoms with E-state index in [4.69, 9.17) is 0 Å². The molecule has 0 heterocycles. The van der Waals surface area contributed by atoms with Crippen LogP contribution in [0.4, 0.5) is 26.3 Å². The van der Waals surface area contributed by atoms with E-state index in [9.17, 15) is 26.3 Å².